The lowest BCUT2D eigenvalue weighted by Crippen LogP contribution is -2.23. The molecule has 5 nitrogen and oxygen atoms in total. The molecule has 0 aliphatic heterocycles. The maximum Gasteiger partial charge on any atom is 0.219 e. The SMILES string of the molecule is CC(=O)N(C)Cc1cc2nc(N)c(C)cc2[nH]1. The first kappa shape index (κ1) is 11.4. The Morgan fingerprint density at radius 3 is 2.88 bits per heavy atom. The molecule has 2 aromatic rings. The van der Waals surface area contributed by atoms with Gasteiger partial charge < -0.3 is 15.6 Å². The van der Waals surface area contributed by atoms with E-state index in [2.05, 4.69) is 9.97 Å². The van der Waals surface area contributed by atoms with E-state index in [9.17, 15) is 4.79 Å². The van der Waals surface area contributed by atoms with Crippen LogP contribution in [0.1, 0.15) is 18.2 Å². The molecular formula is C12H16N4O. The Bertz CT molecular complexity index is 534. The normalized spacial score (nSPS) is 10.8. The summed E-state index contributed by atoms with van der Waals surface area (Å²) in [5.74, 6) is 0.579. The lowest BCUT2D eigenvalue weighted by atomic mass is 10.2. The summed E-state index contributed by atoms with van der Waals surface area (Å²) >= 11 is 0. The minimum atomic E-state index is 0.0345. The number of carbonyl (C=O) groups is 1. The van der Waals surface area contributed by atoms with Gasteiger partial charge in [0.2, 0.25) is 5.91 Å². The van der Waals surface area contributed by atoms with Crippen molar-refractivity contribution in [2.45, 2.75) is 20.4 Å². The zero-order valence-corrected chi connectivity index (χ0v) is 10.2. The van der Waals surface area contributed by atoms with Crippen LogP contribution in [0, 0.1) is 6.92 Å². The Labute approximate surface area is 99.6 Å². The molecule has 0 aliphatic carbocycles. The number of aromatic amines is 1. The largest absolute Gasteiger partial charge is 0.383 e. The number of fused-ring (bicyclic) bond motifs is 1. The fraction of sp³-hybridized carbons (Fsp3) is 0.333. The predicted molar refractivity (Wildman–Crippen MR) is 67.4 cm³/mol. The number of pyridine rings is 1. The van der Waals surface area contributed by atoms with Gasteiger partial charge in [-0.1, -0.05) is 0 Å². The fourth-order valence-electron chi connectivity index (χ4n) is 1.68. The van der Waals surface area contributed by atoms with Crippen molar-refractivity contribution < 1.29 is 4.79 Å². The maximum atomic E-state index is 11.1. The van der Waals surface area contributed by atoms with Gasteiger partial charge in [-0.25, -0.2) is 4.98 Å². The van der Waals surface area contributed by atoms with Crippen molar-refractivity contribution in [1.29, 1.82) is 0 Å². The summed E-state index contributed by atoms with van der Waals surface area (Å²) in [7, 11) is 1.76. The Morgan fingerprint density at radius 2 is 2.24 bits per heavy atom. The van der Waals surface area contributed by atoms with Gasteiger partial charge in [0.25, 0.3) is 0 Å². The van der Waals surface area contributed by atoms with Gasteiger partial charge in [0.1, 0.15) is 5.82 Å². The summed E-state index contributed by atoms with van der Waals surface area (Å²) in [5, 5.41) is 0. The Morgan fingerprint density at radius 1 is 1.53 bits per heavy atom. The van der Waals surface area contributed by atoms with E-state index in [1.165, 1.54) is 0 Å². The molecule has 0 atom stereocenters. The number of hydrogen-bond acceptors (Lipinski definition) is 3. The number of anilines is 1. The number of amides is 1. The second-order valence-corrected chi connectivity index (χ2v) is 4.29. The number of hydrogen-bond donors (Lipinski definition) is 2. The number of nitrogens with two attached hydrogens (primary N) is 1. The molecule has 90 valence electrons. The van der Waals surface area contributed by atoms with Crippen LogP contribution < -0.4 is 5.73 Å². The molecule has 5 heteroatoms. The molecule has 2 heterocycles. The maximum absolute atomic E-state index is 11.1. The van der Waals surface area contributed by atoms with Gasteiger partial charge in [0, 0.05) is 19.7 Å². The molecule has 2 rings (SSSR count). The first-order chi connectivity index (χ1) is 7.97. The van der Waals surface area contributed by atoms with Crippen molar-refractivity contribution in [2.75, 3.05) is 12.8 Å². The highest BCUT2D eigenvalue weighted by Gasteiger charge is 2.08. The van der Waals surface area contributed by atoms with Crippen molar-refractivity contribution in [2.24, 2.45) is 0 Å². The van der Waals surface area contributed by atoms with Crippen LogP contribution in [-0.4, -0.2) is 27.8 Å². The lowest BCUT2D eigenvalue weighted by Gasteiger charge is -2.12. The van der Waals surface area contributed by atoms with Gasteiger partial charge >= 0.3 is 0 Å². The molecular weight excluding hydrogens is 216 g/mol. The van der Waals surface area contributed by atoms with Gasteiger partial charge in [0.05, 0.1) is 17.6 Å². The Balaban J connectivity index is 2.35. The van der Waals surface area contributed by atoms with Crippen molar-refractivity contribution in [3.05, 3.63) is 23.4 Å². The zero-order chi connectivity index (χ0) is 12.6. The molecule has 0 aromatic carbocycles. The number of nitrogens with zero attached hydrogens (tertiary/aromatic N) is 2. The van der Waals surface area contributed by atoms with Crippen molar-refractivity contribution in [3.8, 4) is 0 Å². The molecule has 1 amide bonds. The smallest absolute Gasteiger partial charge is 0.219 e. The van der Waals surface area contributed by atoms with E-state index >= 15 is 0 Å². The molecule has 0 radical (unpaired) electrons. The molecule has 3 N–H and O–H groups in total. The highest BCUT2D eigenvalue weighted by molar-refractivity contribution is 5.79. The first-order valence-electron chi connectivity index (χ1n) is 5.44. The monoisotopic (exact) mass is 232 g/mol. The van der Waals surface area contributed by atoms with E-state index < -0.39 is 0 Å². The third-order valence-corrected chi connectivity index (χ3v) is 2.83. The number of rotatable bonds is 2. The molecule has 0 fully saturated rings. The van der Waals surface area contributed by atoms with Crippen molar-refractivity contribution in [1.82, 2.24) is 14.9 Å². The first-order valence-corrected chi connectivity index (χ1v) is 5.44. The third-order valence-electron chi connectivity index (χ3n) is 2.83. The quantitative estimate of drug-likeness (QED) is 0.822. The predicted octanol–water partition coefficient (Wildman–Crippen LogP) is 1.43. The van der Waals surface area contributed by atoms with E-state index in [-0.39, 0.29) is 5.91 Å². The minimum Gasteiger partial charge on any atom is -0.383 e. The minimum absolute atomic E-state index is 0.0345. The highest BCUT2D eigenvalue weighted by atomic mass is 16.2. The van der Waals surface area contributed by atoms with Gasteiger partial charge in [-0.2, -0.15) is 0 Å². The third kappa shape index (κ3) is 2.22. The van der Waals surface area contributed by atoms with Crippen LogP contribution in [0.3, 0.4) is 0 Å². The summed E-state index contributed by atoms with van der Waals surface area (Å²) in [6, 6.07) is 3.89. The number of H-pyrrole nitrogens is 1. The van der Waals surface area contributed by atoms with Crippen LogP contribution in [0.25, 0.3) is 11.0 Å². The fourth-order valence-corrected chi connectivity index (χ4v) is 1.68. The molecule has 0 aliphatic rings. The Kier molecular flexibility index (Phi) is 2.75. The van der Waals surface area contributed by atoms with E-state index in [0.717, 1.165) is 22.3 Å². The van der Waals surface area contributed by atoms with Crippen LogP contribution in [0.4, 0.5) is 5.82 Å². The van der Waals surface area contributed by atoms with Crippen LogP contribution >= 0.6 is 0 Å². The van der Waals surface area contributed by atoms with Crippen LogP contribution in [0.15, 0.2) is 12.1 Å². The van der Waals surface area contributed by atoms with E-state index in [4.69, 9.17) is 5.73 Å². The van der Waals surface area contributed by atoms with Crippen LogP contribution in [0.5, 0.6) is 0 Å². The van der Waals surface area contributed by atoms with Crippen molar-refractivity contribution in [3.63, 3.8) is 0 Å². The molecule has 0 unspecified atom stereocenters. The Hall–Kier alpha value is -2.04. The van der Waals surface area contributed by atoms with E-state index in [0.29, 0.717) is 12.4 Å². The summed E-state index contributed by atoms with van der Waals surface area (Å²) in [6.45, 7) is 4.01. The number of nitrogen functional groups attached to an aromatic ring is 1. The summed E-state index contributed by atoms with van der Waals surface area (Å²) < 4.78 is 0. The topological polar surface area (TPSA) is 75.0 Å². The molecule has 0 saturated carbocycles. The number of aryl methyl sites for hydroxylation is 1. The molecule has 0 saturated heterocycles. The average Bonchev–Trinajstić information content (AvgIpc) is 2.60. The van der Waals surface area contributed by atoms with Crippen LogP contribution in [0.2, 0.25) is 0 Å². The number of carbonyl (C=O) groups excluding carboxylic acids is 1. The standard InChI is InChI=1S/C12H16N4O/c1-7-4-10-11(15-12(7)13)5-9(14-10)6-16(3)8(2)17/h4-5,14H,6H2,1-3H3,(H2,13,15). The van der Waals surface area contributed by atoms with Gasteiger partial charge in [-0.05, 0) is 24.6 Å². The summed E-state index contributed by atoms with van der Waals surface area (Å²) in [5.41, 5.74) is 9.44. The lowest BCUT2D eigenvalue weighted by molar-refractivity contribution is -0.128. The molecule has 0 spiro atoms. The summed E-state index contributed by atoms with van der Waals surface area (Å²) in [6.07, 6.45) is 0. The highest BCUT2D eigenvalue weighted by Crippen LogP contribution is 2.18. The second-order valence-electron chi connectivity index (χ2n) is 4.29. The molecule has 2 aromatic heterocycles. The van der Waals surface area contributed by atoms with Gasteiger partial charge in [-0.15, -0.1) is 0 Å². The van der Waals surface area contributed by atoms with Crippen LogP contribution in [-0.2, 0) is 11.3 Å². The second kappa shape index (κ2) is 4.08. The number of aromatic nitrogens is 2. The van der Waals surface area contributed by atoms with Gasteiger partial charge in [0.15, 0.2) is 0 Å². The van der Waals surface area contributed by atoms with E-state index in [1.807, 2.05) is 19.1 Å². The molecule has 0 bridgehead atoms. The van der Waals surface area contributed by atoms with Gasteiger partial charge in [-0.3, -0.25) is 4.79 Å². The van der Waals surface area contributed by atoms with E-state index in [1.54, 1.807) is 18.9 Å². The average molecular weight is 232 g/mol. The zero-order valence-electron chi connectivity index (χ0n) is 10.2. The number of nitrogens with one attached hydrogen (secondary N) is 1. The van der Waals surface area contributed by atoms with Crippen molar-refractivity contribution >= 4 is 22.8 Å². The summed E-state index contributed by atoms with van der Waals surface area (Å²) in [4.78, 5) is 20.3. The molecule has 17 heavy (non-hydrogen) atoms.